The average Bonchev–Trinajstić information content (AvgIpc) is 2.67. The van der Waals surface area contributed by atoms with E-state index in [0.717, 1.165) is 16.9 Å². The van der Waals surface area contributed by atoms with Crippen molar-refractivity contribution >= 4 is 21.4 Å². The number of hydrogen-bond acceptors (Lipinski definition) is 6. The van der Waals surface area contributed by atoms with Crippen LogP contribution in [0.4, 0.5) is 0 Å². The van der Waals surface area contributed by atoms with E-state index in [9.17, 15) is 8.42 Å². The Bertz CT molecular complexity index is 564. The summed E-state index contributed by atoms with van der Waals surface area (Å²) >= 11 is 0.930. The second kappa shape index (κ2) is 3.65. The predicted octanol–water partition coefficient (Wildman–Crippen LogP) is 0.248. The van der Waals surface area contributed by atoms with Crippen LogP contribution in [0.2, 0.25) is 0 Å². The highest BCUT2D eigenvalue weighted by Gasteiger charge is 2.15. The number of rotatable bonds is 2. The molecule has 78 valence electrons. The normalized spacial score (nSPS) is 11.5. The molecule has 0 amide bonds. The van der Waals surface area contributed by atoms with Gasteiger partial charge in [0.25, 0.3) is 10.0 Å². The van der Waals surface area contributed by atoms with Crippen LogP contribution in [0.15, 0.2) is 28.9 Å². The Labute approximate surface area is 89.9 Å². The Hall–Kier alpha value is -1.38. The second-order valence-electron chi connectivity index (χ2n) is 2.65. The van der Waals surface area contributed by atoms with Gasteiger partial charge in [0, 0.05) is 18.0 Å². The van der Waals surface area contributed by atoms with E-state index >= 15 is 0 Å². The third kappa shape index (κ3) is 2.17. The second-order valence-corrected chi connectivity index (χ2v) is 5.37. The molecule has 0 atom stereocenters. The minimum atomic E-state index is -3.76. The van der Waals surface area contributed by atoms with Gasteiger partial charge in [0.2, 0.25) is 4.34 Å². The lowest BCUT2D eigenvalue weighted by Crippen LogP contribution is -2.11. The molecule has 0 saturated carbocycles. The van der Waals surface area contributed by atoms with E-state index in [1.807, 2.05) is 0 Å². The van der Waals surface area contributed by atoms with Crippen LogP contribution in [0.5, 0.6) is 0 Å². The molecular formula is C7H6N4O2S2. The van der Waals surface area contributed by atoms with Gasteiger partial charge in [-0.1, -0.05) is 11.3 Å². The molecule has 0 bridgehead atoms. The fourth-order valence-electron chi connectivity index (χ4n) is 0.936. The van der Waals surface area contributed by atoms with Crippen LogP contribution >= 0.6 is 11.3 Å². The first-order valence-electron chi connectivity index (χ1n) is 3.84. The van der Waals surface area contributed by atoms with Crippen molar-refractivity contribution in [3.05, 3.63) is 24.5 Å². The summed E-state index contributed by atoms with van der Waals surface area (Å²) in [5.74, 6) is 0. The maximum absolute atomic E-state index is 11.0. The molecular weight excluding hydrogens is 236 g/mol. The third-order valence-corrected chi connectivity index (χ3v) is 3.86. The zero-order chi connectivity index (χ0) is 10.9. The number of aromatic nitrogens is 3. The number of nitrogens with zero attached hydrogens (tertiary/aromatic N) is 3. The lowest BCUT2D eigenvalue weighted by Gasteiger charge is -1.90. The maximum atomic E-state index is 11.0. The standard InChI is InChI=1S/C7H6N4O2S2/c8-15(12,13)7-11-10-6(14-7)5-1-3-9-4-2-5/h1-4H,(H2,8,12,13). The number of primary sulfonamides is 1. The average molecular weight is 242 g/mol. The molecule has 0 aliphatic rings. The van der Waals surface area contributed by atoms with Crippen molar-refractivity contribution in [3.8, 4) is 10.6 Å². The number of pyridine rings is 1. The highest BCUT2D eigenvalue weighted by atomic mass is 32.2. The zero-order valence-electron chi connectivity index (χ0n) is 7.36. The SMILES string of the molecule is NS(=O)(=O)c1nnc(-c2ccncc2)s1. The topological polar surface area (TPSA) is 98.8 Å². The van der Waals surface area contributed by atoms with E-state index < -0.39 is 10.0 Å². The fraction of sp³-hybridized carbons (Fsp3) is 0. The molecule has 0 aromatic carbocycles. The van der Waals surface area contributed by atoms with E-state index in [0.29, 0.717) is 5.01 Å². The quantitative estimate of drug-likeness (QED) is 0.813. The van der Waals surface area contributed by atoms with Crippen LogP contribution in [0, 0.1) is 0 Å². The molecule has 2 N–H and O–H groups in total. The minimum Gasteiger partial charge on any atom is -0.265 e. The van der Waals surface area contributed by atoms with Gasteiger partial charge in [-0.05, 0) is 12.1 Å². The Balaban J connectivity index is 2.46. The summed E-state index contributed by atoms with van der Waals surface area (Å²) in [5.41, 5.74) is 0.761. The first-order chi connectivity index (χ1) is 7.07. The van der Waals surface area contributed by atoms with Crippen molar-refractivity contribution in [2.45, 2.75) is 4.34 Å². The van der Waals surface area contributed by atoms with E-state index in [2.05, 4.69) is 15.2 Å². The van der Waals surface area contributed by atoms with Crippen LogP contribution in [-0.2, 0) is 10.0 Å². The van der Waals surface area contributed by atoms with Gasteiger partial charge >= 0.3 is 0 Å². The molecule has 0 saturated heterocycles. The monoisotopic (exact) mass is 242 g/mol. The largest absolute Gasteiger partial charge is 0.267 e. The molecule has 2 rings (SSSR count). The maximum Gasteiger partial charge on any atom is 0.267 e. The molecule has 0 aliphatic heterocycles. The van der Waals surface area contributed by atoms with E-state index in [1.54, 1.807) is 24.5 Å². The Kier molecular flexibility index (Phi) is 2.47. The van der Waals surface area contributed by atoms with Crippen molar-refractivity contribution in [1.82, 2.24) is 15.2 Å². The van der Waals surface area contributed by atoms with Gasteiger partial charge in [0.05, 0.1) is 0 Å². The lowest BCUT2D eigenvalue weighted by molar-refractivity contribution is 0.596. The molecule has 15 heavy (non-hydrogen) atoms. The summed E-state index contributed by atoms with van der Waals surface area (Å²) in [6, 6.07) is 3.43. The van der Waals surface area contributed by atoms with Crippen LogP contribution in [-0.4, -0.2) is 23.6 Å². The molecule has 2 aromatic heterocycles. The van der Waals surface area contributed by atoms with Gasteiger partial charge in [-0.15, -0.1) is 10.2 Å². The van der Waals surface area contributed by atoms with Crippen molar-refractivity contribution in [1.29, 1.82) is 0 Å². The molecule has 0 spiro atoms. The van der Waals surface area contributed by atoms with E-state index in [4.69, 9.17) is 5.14 Å². The molecule has 8 heteroatoms. The summed E-state index contributed by atoms with van der Waals surface area (Å²) in [5, 5.41) is 12.7. The van der Waals surface area contributed by atoms with Crippen molar-refractivity contribution in [2.75, 3.05) is 0 Å². The predicted molar refractivity (Wildman–Crippen MR) is 54.5 cm³/mol. The van der Waals surface area contributed by atoms with Crippen LogP contribution in [0.25, 0.3) is 10.6 Å². The first-order valence-corrected chi connectivity index (χ1v) is 6.20. The van der Waals surface area contributed by atoms with Gasteiger partial charge in [-0.3, -0.25) is 4.98 Å². The summed E-state index contributed by atoms with van der Waals surface area (Å²) in [6.07, 6.45) is 3.18. The van der Waals surface area contributed by atoms with Crippen molar-refractivity contribution in [3.63, 3.8) is 0 Å². The summed E-state index contributed by atoms with van der Waals surface area (Å²) < 4.78 is 21.7. The highest BCUT2D eigenvalue weighted by Crippen LogP contribution is 2.24. The van der Waals surface area contributed by atoms with Gasteiger partial charge in [-0.2, -0.15) is 0 Å². The summed E-state index contributed by atoms with van der Waals surface area (Å²) in [6.45, 7) is 0. The Morgan fingerprint density at radius 3 is 2.40 bits per heavy atom. The van der Waals surface area contributed by atoms with Crippen molar-refractivity contribution in [2.24, 2.45) is 5.14 Å². The third-order valence-electron chi connectivity index (χ3n) is 1.58. The Morgan fingerprint density at radius 1 is 1.20 bits per heavy atom. The smallest absolute Gasteiger partial charge is 0.265 e. The molecule has 2 aromatic rings. The van der Waals surface area contributed by atoms with Gasteiger partial charge in [-0.25, -0.2) is 13.6 Å². The van der Waals surface area contributed by atoms with Crippen molar-refractivity contribution < 1.29 is 8.42 Å². The van der Waals surface area contributed by atoms with Crippen LogP contribution in [0.1, 0.15) is 0 Å². The van der Waals surface area contributed by atoms with E-state index in [-0.39, 0.29) is 4.34 Å². The molecule has 6 nitrogen and oxygen atoms in total. The summed E-state index contributed by atoms with van der Waals surface area (Å²) in [7, 11) is -3.76. The molecule has 0 aliphatic carbocycles. The minimum absolute atomic E-state index is 0.186. The van der Waals surface area contributed by atoms with Gasteiger partial charge < -0.3 is 0 Å². The molecule has 0 fully saturated rings. The molecule has 2 heterocycles. The number of hydrogen-bond donors (Lipinski definition) is 1. The van der Waals surface area contributed by atoms with E-state index in [1.165, 1.54) is 0 Å². The first kappa shape index (κ1) is 10.1. The zero-order valence-corrected chi connectivity index (χ0v) is 8.99. The lowest BCUT2D eigenvalue weighted by atomic mass is 10.3. The van der Waals surface area contributed by atoms with Crippen LogP contribution in [0.3, 0.4) is 0 Å². The highest BCUT2D eigenvalue weighted by molar-refractivity contribution is 7.91. The fourth-order valence-corrected chi connectivity index (χ4v) is 2.37. The van der Waals surface area contributed by atoms with Crippen LogP contribution < -0.4 is 5.14 Å². The molecule has 0 radical (unpaired) electrons. The Morgan fingerprint density at radius 2 is 1.87 bits per heavy atom. The van der Waals surface area contributed by atoms with Gasteiger partial charge in [0.1, 0.15) is 5.01 Å². The summed E-state index contributed by atoms with van der Waals surface area (Å²) in [4.78, 5) is 3.84. The number of sulfonamides is 1. The number of nitrogens with two attached hydrogens (primary N) is 1. The molecule has 0 unspecified atom stereocenters. The van der Waals surface area contributed by atoms with Gasteiger partial charge in [0.15, 0.2) is 0 Å².